The van der Waals surface area contributed by atoms with Crippen LogP contribution in [0.15, 0.2) is 11.1 Å². The maximum Gasteiger partial charge on any atom is 0.276 e. The second-order valence-corrected chi connectivity index (χ2v) is 4.93. The fourth-order valence-corrected chi connectivity index (χ4v) is 2.50. The summed E-state index contributed by atoms with van der Waals surface area (Å²) in [6, 6.07) is 2.34. The normalized spacial score (nSPS) is 17.7. The SMILES string of the molecule is CCCC(C#N)N1CCN(c2nc[nH]c(=O)c2N)CC1. The van der Waals surface area contributed by atoms with E-state index in [4.69, 9.17) is 5.73 Å². The van der Waals surface area contributed by atoms with Crippen molar-refractivity contribution in [3.63, 3.8) is 0 Å². The summed E-state index contributed by atoms with van der Waals surface area (Å²) in [5.74, 6) is 0.539. The molecule has 0 radical (unpaired) electrons. The van der Waals surface area contributed by atoms with Crippen LogP contribution in [0.5, 0.6) is 0 Å². The number of H-pyrrole nitrogens is 1. The fraction of sp³-hybridized carbons (Fsp3) is 0.615. The Morgan fingerprint density at radius 2 is 2.20 bits per heavy atom. The van der Waals surface area contributed by atoms with Crippen LogP contribution in [0, 0.1) is 11.3 Å². The van der Waals surface area contributed by atoms with Crippen molar-refractivity contribution in [2.45, 2.75) is 25.8 Å². The third kappa shape index (κ3) is 2.91. The zero-order valence-corrected chi connectivity index (χ0v) is 11.7. The molecule has 108 valence electrons. The van der Waals surface area contributed by atoms with E-state index in [2.05, 4.69) is 27.9 Å². The van der Waals surface area contributed by atoms with E-state index >= 15 is 0 Å². The molecule has 1 aliphatic rings. The standard InChI is InChI=1S/C13H20N6O/c1-2-3-10(8-14)18-4-6-19(7-5-18)12-11(15)13(20)17-9-16-12/h9-10H,2-7,15H2,1H3,(H,16,17,20). The molecular formula is C13H20N6O. The summed E-state index contributed by atoms with van der Waals surface area (Å²) >= 11 is 0. The zero-order chi connectivity index (χ0) is 14.5. The molecule has 7 nitrogen and oxygen atoms in total. The lowest BCUT2D eigenvalue weighted by molar-refractivity contribution is 0.211. The molecule has 2 rings (SSSR count). The second kappa shape index (κ2) is 6.39. The molecular weight excluding hydrogens is 256 g/mol. The molecule has 1 aromatic heterocycles. The predicted octanol–water partition coefficient (Wildman–Crippen LogP) is 0.166. The van der Waals surface area contributed by atoms with Crippen molar-refractivity contribution in [3.8, 4) is 6.07 Å². The zero-order valence-electron chi connectivity index (χ0n) is 11.7. The molecule has 2 heterocycles. The van der Waals surface area contributed by atoms with Crippen LogP contribution < -0.4 is 16.2 Å². The number of nitrogens with two attached hydrogens (primary N) is 1. The molecule has 0 amide bonds. The smallest absolute Gasteiger partial charge is 0.276 e. The van der Waals surface area contributed by atoms with Gasteiger partial charge in [0.2, 0.25) is 0 Å². The van der Waals surface area contributed by atoms with Crippen LogP contribution in [-0.2, 0) is 0 Å². The lowest BCUT2D eigenvalue weighted by Crippen LogP contribution is -2.50. The van der Waals surface area contributed by atoms with E-state index in [9.17, 15) is 10.1 Å². The first-order valence-electron chi connectivity index (χ1n) is 6.89. The Labute approximate surface area is 118 Å². The monoisotopic (exact) mass is 276 g/mol. The molecule has 0 saturated carbocycles. The van der Waals surface area contributed by atoms with E-state index in [1.807, 2.05) is 4.90 Å². The number of nitrogens with zero attached hydrogens (tertiary/aromatic N) is 4. The number of nitrogen functional groups attached to an aromatic ring is 1. The maximum absolute atomic E-state index is 11.5. The first-order valence-corrected chi connectivity index (χ1v) is 6.89. The number of hydrogen-bond acceptors (Lipinski definition) is 6. The van der Waals surface area contributed by atoms with Gasteiger partial charge in [-0.2, -0.15) is 5.26 Å². The molecule has 1 unspecified atom stereocenters. The van der Waals surface area contributed by atoms with Crippen molar-refractivity contribution in [3.05, 3.63) is 16.7 Å². The lowest BCUT2D eigenvalue weighted by atomic mass is 10.1. The molecule has 1 saturated heterocycles. The second-order valence-electron chi connectivity index (χ2n) is 4.93. The first-order chi connectivity index (χ1) is 9.67. The van der Waals surface area contributed by atoms with Crippen LogP contribution in [0.1, 0.15) is 19.8 Å². The minimum Gasteiger partial charge on any atom is -0.391 e. The number of aromatic amines is 1. The number of nitrogens with one attached hydrogen (secondary N) is 1. The lowest BCUT2D eigenvalue weighted by Gasteiger charge is -2.37. The van der Waals surface area contributed by atoms with Gasteiger partial charge in [-0.05, 0) is 6.42 Å². The van der Waals surface area contributed by atoms with E-state index < -0.39 is 0 Å². The fourth-order valence-electron chi connectivity index (χ4n) is 2.50. The Hall–Kier alpha value is -2.07. The highest BCUT2D eigenvalue weighted by Crippen LogP contribution is 2.18. The van der Waals surface area contributed by atoms with Gasteiger partial charge in [-0.15, -0.1) is 0 Å². The quantitative estimate of drug-likeness (QED) is 0.812. The van der Waals surface area contributed by atoms with E-state index in [1.54, 1.807) is 0 Å². The van der Waals surface area contributed by atoms with Crippen molar-refractivity contribution in [2.75, 3.05) is 36.8 Å². The van der Waals surface area contributed by atoms with Gasteiger partial charge in [0.25, 0.3) is 5.56 Å². The van der Waals surface area contributed by atoms with Crippen LogP contribution in [0.4, 0.5) is 11.5 Å². The van der Waals surface area contributed by atoms with Crippen molar-refractivity contribution in [1.29, 1.82) is 5.26 Å². The summed E-state index contributed by atoms with van der Waals surface area (Å²) in [5.41, 5.74) is 5.62. The highest BCUT2D eigenvalue weighted by Gasteiger charge is 2.25. The summed E-state index contributed by atoms with van der Waals surface area (Å²) in [7, 11) is 0. The Morgan fingerprint density at radius 3 is 2.80 bits per heavy atom. The van der Waals surface area contributed by atoms with Crippen LogP contribution in [0.2, 0.25) is 0 Å². The van der Waals surface area contributed by atoms with E-state index in [0.717, 1.165) is 39.0 Å². The Kier molecular flexibility index (Phi) is 4.58. The molecule has 0 aliphatic carbocycles. The molecule has 0 aromatic carbocycles. The van der Waals surface area contributed by atoms with Gasteiger partial charge in [0.1, 0.15) is 5.69 Å². The molecule has 1 fully saturated rings. The molecule has 0 spiro atoms. The largest absolute Gasteiger partial charge is 0.391 e. The average molecular weight is 276 g/mol. The van der Waals surface area contributed by atoms with Crippen molar-refractivity contribution in [2.24, 2.45) is 0 Å². The van der Waals surface area contributed by atoms with E-state index in [-0.39, 0.29) is 17.3 Å². The van der Waals surface area contributed by atoms with Crippen LogP contribution in [0.3, 0.4) is 0 Å². The van der Waals surface area contributed by atoms with Gasteiger partial charge in [0.05, 0.1) is 18.4 Å². The number of rotatable bonds is 4. The molecule has 1 atom stereocenters. The van der Waals surface area contributed by atoms with Gasteiger partial charge in [-0.25, -0.2) is 4.98 Å². The number of piperazine rings is 1. The predicted molar refractivity (Wildman–Crippen MR) is 77.4 cm³/mol. The van der Waals surface area contributed by atoms with Crippen LogP contribution >= 0.6 is 0 Å². The summed E-state index contributed by atoms with van der Waals surface area (Å²) in [4.78, 5) is 22.3. The third-order valence-electron chi connectivity index (χ3n) is 3.63. The summed E-state index contributed by atoms with van der Waals surface area (Å²) in [6.07, 6.45) is 3.26. The Bertz CT molecular complexity index is 541. The summed E-state index contributed by atoms with van der Waals surface area (Å²) in [5, 5.41) is 9.19. The molecule has 7 heteroatoms. The minimum atomic E-state index is -0.307. The maximum atomic E-state index is 11.5. The number of nitriles is 1. The number of hydrogen-bond donors (Lipinski definition) is 2. The molecule has 20 heavy (non-hydrogen) atoms. The Morgan fingerprint density at radius 1 is 1.50 bits per heavy atom. The van der Waals surface area contributed by atoms with Gasteiger partial charge in [-0.3, -0.25) is 9.69 Å². The average Bonchev–Trinajstić information content (AvgIpc) is 2.48. The highest BCUT2D eigenvalue weighted by atomic mass is 16.1. The molecule has 1 aliphatic heterocycles. The van der Waals surface area contributed by atoms with Crippen molar-refractivity contribution >= 4 is 11.5 Å². The van der Waals surface area contributed by atoms with E-state index in [0.29, 0.717) is 5.82 Å². The van der Waals surface area contributed by atoms with Crippen molar-refractivity contribution in [1.82, 2.24) is 14.9 Å². The number of aromatic nitrogens is 2. The summed E-state index contributed by atoms with van der Waals surface area (Å²) in [6.45, 7) is 5.10. The highest BCUT2D eigenvalue weighted by molar-refractivity contribution is 5.61. The van der Waals surface area contributed by atoms with Crippen LogP contribution in [0.25, 0.3) is 0 Å². The van der Waals surface area contributed by atoms with Gasteiger partial charge in [-0.1, -0.05) is 13.3 Å². The van der Waals surface area contributed by atoms with Gasteiger partial charge in [0.15, 0.2) is 5.82 Å². The third-order valence-corrected chi connectivity index (χ3v) is 3.63. The molecule has 3 N–H and O–H groups in total. The van der Waals surface area contributed by atoms with Crippen LogP contribution in [-0.4, -0.2) is 47.1 Å². The summed E-state index contributed by atoms with van der Waals surface area (Å²) < 4.78 is 0. The topological polar surface area (TPSA) is 102 Å². The first kappa shape index (κ1) is 14.3. The Balaban J connectivity index is 2.03. The van der Waals surface area contributed by atoms with Crippen molar-refractivity contribution < 1.29 is 0 Å². The van der Waals surface area contributed by atoms with Gasteiger partial charge in [0, 0.05) is 26.2 Å². The number of anilines is 2. The molecule has 1 aromatic rings. The van der Waals surface area contributed by atoms with E-state index in [1.165, 1.54) is 6.33 Å². The van der Waals surface area contributed by atoms with Gasteiger partial charge >= 0.3 is 0 Å². The minimum absolute atomic E-state index is 0.0216. The molecule has 0 bridgehead atoms. The van der Waals surface area contributed by atoms with Gasteiger partial charge < -0.3 is 15.6 Å².